The van der Waals surface area contributed by atoms with Crippen LogP contribution in [0.15, 0.2) is 0 Å². The van der Waals surface area contributed by atoms with Crippen LogP contribution in [0.5, 0.6) is 0 Å². The number of urea groups is 1. The molecule has 1 saturated carbocycles. The zero-order valence-electron chi connectivity index (χ0n) is 13.4. The summed E-state index contributed by atoms with van der Waals surface area (Å²) in [6.07, 6.45) is 4.83. The number of rotatable bonds is 7. The smallest absolute Gasteiger partial charge is 0.329 e. The van der Waals surface area contributed by atoms with E-state index >= 15 is 0 Å². The van der Waals surface area contributed by atoms with Gasteiger partial charge in [0.1, 0.15) is 5.54 Å². The van der Waals surface area contributed by atoms with Crippen molar-refractivity contribution in [2.75, 3.05) is 20.1 Å². The molecule has 2 amide bonds. The molecule has 122 valence electrons. The first-order valence-electron chi connectivity index (χ1n) is 7.91. The average Bonchev–Trinajstić information content (AvgIpc) is 2.46. The van der Waals surface area contributed by atoms with Gasteiger partial charge in [-0.05, 0) is 33.2 Å². The predicted octanol–water partition coefficient (Wildman–Crippen LogP) is 1.80. The lowest BCUT2D eigenvalue weighted by Gasteiger charge is -2.34. The fourth-order valence-electron chi connectivity index (χ4n) is 2.69. The summed E-state index contributed by atoms with van der Waals surface area (Å²) in [4.78, 5) is 25.6. The van der Waals surface area contributed by atoms with E-state index in [-0.39, 0.29) is 6.03 Å². The summed E-state index contributed by atoms with van der Waals surface area (Å²) in [5.41, 5.74) is -1.08. The third-order valence-corrected chi connectivity index (χ3v) is 4.56. The highest BCUT2D eigenvalue weighted by atomic mass is 16.4. The Labute approximate surface area is 127 Å². The van der Waals surface area contributed by atoms with E-state index in [4.69, 9.17) is 0 Å². The molecule has 0 spiro atoms. The molecule has 21 heavy (non-hydrogen) atoms. The number of carboxylic acid groups (broad SMARTS) is 1. The molecule has 1 aliphatic carbocycles. The van der Waals surface area contributed by atoms with Crippen molar-refractivity contribution < 1.29 is 14.7 Å². The van der Waals surface area contributed by atoms with E-state index in [1.807, 2.05) is 7.05 Å². The lowest BCUT2D eigenvalue weighted by atomic mass is 9.82. The molecular weight excluding hydrogens is 270 g/mol. The Morgan fingerprint density at radius 1 is 1.29 bits per heavy atom. The monoisotopic (exact) mass is 299 g/mol. The van der Waals surface area contributed by atoms with Crippen LogP contribution < -0.4 is 10.6 Å². The first-order chi connectivity index (χ1) is 9.91. The van der Waals surface area contributed by atoms with E-state index in [1.165, 1.54) is 0 Å². The van der Waals surface area contributed by atoms with Gasteiger partial charge in [-0.2, -0.15) is 0 Å². The Hall–Kier alpha value is -1.30. The fourth-order valence-corrected chi connectivity index (χ4v) is 2.69. The van der Waals surface area contributed by atoms with Crippen LogP contribution in [0.3, 0.4) is 0 Å². The summed E-state index contributed by atoms with van der Waals surface area (Å²) >= 11 is 0. The molecule has 0 heterocycles. The highest BCUT2D eigenvalue weighted by Crippen LogP contribution is 2.28. The van der Waals surface area contributed by atoms with Gasteiger partial charge in [-0.15, -0.1) is 0 Å². The highest BCUT2D eigenvalue weighted by Gasteiger charge is 2.40. The first kappa shape index (κ1) is 17.8. The van der Waals surface area contributed by atoms with Crippen molar-refractivity contribution in [1.29, 1.82) is 0 Å². The maximum atomic E-state index is 11.9. The third kappa shape index (κ3) is 5.19. The number of hydrogen-bond donors (Lipinski definition) is 3. The van der Waals surface area contributed by atoms with Crippen LogP contribution in [0.25, 0.3) is 0 Å². The van der Waals surface area contributed by atoms with Crippen LogP contribution in [0.2, 0.25) is 0 Å². The van der Waals surface area contributed by atoms with E-state index in [0.717, 1.165) is 32.2 Å². The molecule has 1 rings (SSSR count). The van der Waals surface area contributed by atoms with Crippen molar-refractivity contribution in [2.45, 2.75) is 64.0 Å². The summed E-state index contributed by atoms with van der Waals surface area (Å²) < 4.78 is 0. The molecule has 0 saturated heterocycles. The van der Waals surface area contributed by atoms with Gasteiger partial charge in [0.15, 0.2) is 0 Å². The molecule has 1 aliphatic rings. The number of amides is 2. The van der Waals surface area contributed by atoms with Gasteiger partial charge in [-0.3, -0.25) is 0 Å². The molecule has 0 aromatic carbocycles. The van der Waals surface area contributed by atoms with E-state index in [0.29, 0.717) is 25.4 Å². The Bertz CT molecular complexity index is 354. The van der Waals surface area contributed by atoms with E-state index < -0.39 is 11.5 Å². The summed E-state index contributed by atoms with van der Waals surface area (Å²) in [6, 6.07) is 0.0930. The minimum absolute atomic E-state index is 0.378. The zero-order valence-corrected chi connectivity index (χ0v) is 13.4. The van der Waals surface area contributed by atoms with Crippen LogP contribution in [0.4, 0.5) is 4.79 Å². The Morgan fingerprint density at radius 3 is 2.43 bits per heavy atom. The third-order valence-electron chi connectivity index (χ3n) is 4.56. The molecule has 6 nitrogen and oxygen atoms in total. The van der Waals surface area contributed by atoms with Crippen LogP contribution in [-0.2, 0) is 4.79 Å². The van der Waals surface area contributed by atoms with E-state index in [1.54, 1.807) is 0 Å². The molecule has 1 atom stereocenters. The van der Waals surface area contributed by atoms with Gasteiger partial charge in [0.25, 0.3) is 0 Å². The van der Waals surface area contributed by atoms with Crippen molar-refractivity contribution in [3.05, 3.63) is 0 Å². The maximum Gasteiger partial charge on any atom is 0.329 e. The molecule has 6 heteroatoms. The lowest BCUT2D eigenvalue weighted by Crippen LogP contribution is -2.58. The molecule has 0 aromatic rings. The van der Waals surface area contributed by atoms with Gasteiger partial charge in [-0.1, -0.05) is 26.2 Å². The number of carbonyl (C=O) groups excluding carboxylic acids is 1. The number of nitrogens with zero attached hydrogens (tertiary/aromatic N) is 1. The number of carboxylic acids is 1. The van der Waals surface area contributed by atoms with Gasteiger partial charge in [0.2, 0.25) is 0 Å². The second-order valence-electron chi connectivity index (χ2n) is 6.07. The number of aliphatic carboxylic acids is 1. The van der Waals surface area contributed by atoms with Crippen LogP contribution in [-0.4, -0.2) is 53.7 Å². The van der Waals surface area contributed by atoms with Crippen LogP contribution >= 0.6 is 0 Å². The lowest BCUT2D eigenvalue weighted by molar-refractivity contribution is -0.145. The summed E-state index contributed by atoms with van der Waals surface area (Å²) in [5.74, 6) is -0.922. The first-order valence-corrected chi connectivity index (χ1v) is 7.91. The molecule has 1 fully saturated rings. The minimum atomic E-state index is -1.08. The van der Waals surface area contributed by atoms with E-state index in [9.17, 15) is 14.7 Å². The van der Waals surface area contributed by atoms with Crippen molar-refractivity contribution >= 4 is 12.0 Å². The standard InChI is InChI=1S/C15H29N3O3/c1-4-12(2)18(3)11-10-16-14(21)17-15(13(19)20)8-6-5-7-9-15/h12H,4-11H2,1-3H3,(H,19,20)(H2,16,17,21). The second kappa shape index (κ2) is 8.22. The predicted molar refractivity (Wildman–Crippen MR) is 82.4 cm³/mol. The van der Waals surface area contributed by atoms with Crippen molar-refractivity contribution in [1.82, 2.24) is 15.5 Å². The molecule has 0 aromatic heterocycles. The quantitative estimate of drug-likeness (QED) is 0.669. The van der Waals surface area contributed by atoms with Gasteiger partial charge in [0, 0.05) is 19.1 Å². The highest BCUT2D eigenvalue weighted by molar-refractivity contribution is 5.86. The SMILES string of the molecule is CCC(C)N(C)CCNC(=O)NC1(C(=O)O)CCCCC1. The van der Waals surface area contributed by atoms with Gasteiger partial charge >= 0.3 is 12.0 Å². The average molecular weight is 299 g/mol. The van der Waals surface area contributed by atoms with Crippen LogP contribution in [0, 0.1) is 0 Å². The molecule has 0 radical (unpaired) electrons. The molecule has 0 aliphatic heterocycles. The number of likely N-dealkylation sites (N-methyl/N-ethyl adjacent to an activating group) is 1. The van der Waals surface area contributed by atoms with Crippen molar-refractivity contribution in [3.8, 4) is 0 Å². The summed E-state index contributed by atoms with van der Waals surface area (Å²) in [6.45, 7) is 5.54. The molecule has 0 bridgehead atoms. The summed E-state index contributed by atoms with van der Waals surface area (Å²) in [7, 11) is 2.02. The van der Waals surface area contributed by atoms with Gasteiger partial charge in [-0.25, -0.2) is 9.59 Å². The second-order valence-corrected chi connectivity index (χ2v) is 6.07. The Morgan fingerprint density at radius 2 is 1.90 bits per heavy atom. The fraction of sp³-hybridized carbons (Fsp3) is 0.867. The van der Waals surface area contributed by atoms with E-state index in [2.05, 4.69) is 29.4 Å². The normalized spacial score (nSPS) is 19.0. The van der Waals surface area contributed by atoms with Gasteiger partial charge in [0.05, 0.1) is 0 Å². The topological polar surface area (TPSA) is 81.7 Å². The van der Waals surface area contributed by atoms with Crippen molar-refractivity contribution in [3.63, 3.8) is 0 Å². The van der Waals surface area contributed by atoms with Gasteiger partial charge < -0.3 is 20.6 Å². The Balaban J connectivity index is 2.39. The maximum absolute atomic E-state index is 11.9. The number of carbonyl (C=O) groups is 2. The van der Waals surface area contributed by atoms with Crippen molar-refractivity contribution in [2.24, 2.45) is 0 Å². The Kier molecular flexibility index (Phi) is 6.95. The minimum Gasteiger partial charge on any atom is -0.480 e. The molecular formula is C15H29N3O3. The number of hydrogen-bond acceptors (Lipinski definition) is 3. The largest absolute Gasteiger partial charge is 0.480 e. The molecule has 3 N–H and O–H groups in total. The van der Waals surface area contributed by atoms with Crippen LogP contribution in [0.1, 0.15) is 52.4 Å². The zero-order chi connectivity index (χ0) is 15.9. The number of nitrogens with one attached hydrogen (secondary N) is 2. The summed E-state index contributed by atoms with van der Waals surface area (Å²) in [5, 5.41) is 14.9. The molecule has 1 unspecified atom stereocenters.